The van der Waals surface area contributed by atoms with Crippen LogP contribution in [0.3, 0.4) is 0 Å². The summed E-state index contributed by atoms with van der Waals surface area (Å²) in [6.45, 7) is 0. The monoisotopic (exact) mass is 391 g/mol. The number of pyridine rings is 1. The van der Waals surface area contributed by atoms with Crippen molar-refractivity contribution in [3.63, 3.8) is 0 Å². The Kier molecular flexibility index (Phi) is 4.78. The molecular weight excluding hydrogens is 387 g/mol. The van der Waals surface area contributed by atoms with Crippen LogP contribution >= 0.6 is 23.2 Å². The zero-order valence-corrected chi connectivity index (χ0v) is 12.6. The lowest BCUT2D eigenvalue weighted by molar-refractivity contribution is -0.144. The number of hydrogen-bond donors (Lipinski definition) is 1. The number of rotatable bonds is 2. The van der Waals surface area contributed by atoms with Gasteiger partial charge in [0.1, 0.15) is 11.3 Å². The van der Waals surface area contributed by atoms with E-state index in [0.717, 1.165) is 12.1 Å². The third kappa shape index (κ3) is 3.96. The number of halogens is 8. The molecule has 0 saturated carbocycles. The summed E-state index contributed by atoms with van der Waals surface area (Å²) in [5.41, 5.74) is -3.30. The molecule has 11 heteroatoms. The van der Waals surface area contributed by atoms with Crippen LogP contribution in [0.15, 0.2) is 24.4 Å². The Morgan fingerprint density at radius 2 is 1.46 bits per heavy atom. The smallest absolute Gasteiger partial charge is 0.421 e. The molecule has 0 aliphatic heterocycles. The number of alkyl halides is 6. The first kappa shape index (κ1) is 18.5. The lowest BCUT2D eigenvalue weighted by Crippen LogP contribution is -2.13. The number of nitrogens with zero attached hydrogens (tertiary/aromatic N) is 1. The molecule has 0 unspecified atom stereocenters. The molecule has 130 valence electrons. The van der Waals surface area contributed by atoms with E-state index < -0.39 is 35.1 Å². The minimum atomic E-state index is -5.14. The molecule has 0 amide bonds. The van der Waals surface area contributed by atoms with E-state index in [-0.39, 0.29) is 28.1 Å². The van der Waals surface area contributed by atoms with E-state index in [4.69, 9.17) is 27.9 Å². The van der Waals surface area contributed by atoms with Gasteiger partial charge in [-0.3, -0.25) is 0 Å². The zero-order valence-electron chi connectivity index (χ0n) is 11.1. The Labute approximate surface area is 140 Å². The van der Waals surface area contributed by atoms with E-state index in [1.807, 2.05) is 0 Å². The molecule has 0 atom stereocenters. The quantitative estimate of drug-likeness (QED) is 0.645. The summed E-state index contributed by atoms with van der Waals surface area (Å²) in [7, 11) is 0. The molecule has 3 nitrogen and oxygen atoms in total. The fourth-order valence-electron chi connectivity index (χ4n) is 1.60. The van der Waals surface area contributed by atoms with Crippen molar-refractivity contribution in [2.24, 2.45) is 0 Å². The Morgan fingerprint density at radius 1 is 0.917 bits per heavy atom. The average molecular weight is 392 g/mol. The van der Waals surface area contributed by atoms with E-state index in [2.05, 4.69) is 4.98 Å². The number of aromatic nitrogens is 1. The van der Waals surface area contributed by atoms with Crippen LogP contribution in [0.5, 0.6) is 17.4 Å². The number of hydrogen-bond acceptors (Lipinski definition) is 3. The molecule has 0 saturated heterocycles. The fourth-order valence-corrected chi connectivity index (χ4v) is 2.07. The molecule has 0 aliphatic rings. The maximum Gasteiger partial charge on any atom is 0.421 e. The number of aromatic hydroxyl groups is 1. The van der Waals surface area contributed by atoms with Gasteiger partial charge in [-0.05, 0) is 6.07 Å². The third-order valence-corrected chi connectivity index (χ3v) is 3.27. The molecule has 1 heterocycles. The Balaban J connectivity index is 2.51. The number of ether oxygens (including phenoxy) is 1. The van der Waals surface area contributed by atoms with Crippen molar-refractivity contribution < 1.29 is 36.2 Å². The van der Waals surface area contributed by atoms with Crippen molar-refractivity contribution in [2.75, 3.05) is 0 Å². The third-order valence-electron chi connectivity index (χ3n) is 2.69. The van der Waals surface area contributed by atoms with Crippen molar-refractivity contribution in [3.05, 3.63) is 45.6 Å². The summed E-state index contributed by atoms with van der Waals surface area (Å²) in [6, 6.07) is 1.75. The molecule has 1 N–H and O–H groups in total. The van der Waals surface area contributed by atoms with Gasteiger partial charge in [-0.15, -0.1) is 0 Å². The normalized spacial score (nSPS) is 12.3. The van der Waals surface area contributed by atoms with Crippen molar-refractivity contribution in [3.8, 4) is 17.4 Å². The largest absolute Gasteiger partial charge is 0.505 e. The Hall–Kier alpha value is -1.87. The number of phenolic OH excluding ortho intramolecular Hbond substituents is 1. The van der Waals surface area contributed by atoms with Crippen molar-refractivity contribution in [1.82, 2.24) is 4.98 Å². The van der Waals surface area contributed by atoms with Gasteiger partial charge in [-0.25, -0.2) is 4.98 Å². The second kappa shape index (κ2) is 6.21. The first-order valence-corrected chi connectivity index (χ1v) is 6.65. The van der Waals surface area contributed by atoms with E-state index in [0.29, 0.717) is 0 Å². The topological polar surface area (TPSA) is 42.4 Å². The average Bonchev–Trinajstić information content (AvgIpc) is 2.42. The Morgan fingerprint density at radius 3 is 1.92 bits per heavy atom. The SMILES string of the molecule is Oc1c(Cl)cc(Oc2ncc(C(F)(F)F)cc2C(F)(F)F)cc1Cl. The minimum Gasteiger partial charge on any atom is -0.505 e. The molecule has 2 aromatic rings. The van der Waals surface area contributed by atoms with Crippen LogP contribution in [0.2, 0.25) is 10.0 Å². The van der Waals surface area contributed by atoms with Crippen molar-refractivity contribution in [1.29, 1.82) is 0 Å². The molecule has 0 bridgehead atoms. The van der Waals surface area contributed by atoms with Gasteiger partial charge in [0.05, 0.1) is 15.6 Å². The number of phenols is 1. The molecule has 1 aromatic heterocycles. The van der Waals surface area contributed by atoms with Crippen LogP contribution < -0.4 is 4.74 Å². The van der Waals surface area contributed by atoms with Gasteiger partial charge in [-0.2, -0.15) is 26.3 Å². The first-order chi connectivity index (χ1) is 10.9. The molecule has 24 heavy (non-hydrogen) atoms. The van der Waals surface area contributed by atoms with Crippen LogP contribution in [0.4, 0.5) is 26.3 Å². The van der Waals surface area contributed by atoms with Gasteiger partial charge < -0.3 is 9.84 Å². The van der Waals surface area contributed by atoms with Gasteiger partial charge in [-0.1, -0.05) is 23.2 Å². The van der Waals surface area contributed by atoms with Crippen LogP contribution in [-0.4, -0.2) is 10.1 Å². The van der Waals surface area contributed by atoms with Gasteiger partial charge in [0, 0.05) is 18.3 Å². The Bertz CT molecular complexity index is 753. The summed E-state index contributed by atoms with van der Waals surface area (Å²) < 4.78 is 81.4. The van der Waals surface area contributed by atoms with Crippen LogP contribution in [0, 0.1) is 0 Å². The molecule has 0 spiro atoms. The molecule has 0 aliphatic carbocycles. The molecular formula is C13H5Cl2F6NO2. The van der Waals surface area contributed by atoms with E-state index in [1.54, 1.807) is 0 Å². The highest BCUT2D eigenvalue weighted by Gasteiger charge is 2.40. The molecule has 0 fully saturated rings. The fraction of sp³-hybridized carbons (Fsp3) is 0.154. The van der Waals surface area contributed by atoms with Gasteiger partial charge in [0.15, 0.2) is 5.75 Å². The second-order valence-corrected chi connectivity index (χ2v) is 5.22. The predicted molar refractivity (Wildman–Crippen MR) is 72.4 cm³/mol. The van der Waals surface area contributed by atoms with Gasteiger partial charge >= 0.3 is 12.4 Å². The summed E-state index contributed by atoms with van der Waals surface area (Å²) in [6.07, 6.45) is -9.95. The highest BCUT2D eigenvalue weighted by molar-refractivity contribution is 6.37. The molecule has 1 aromatic carbocycles. The molecule has 2 rings (SSSR count). The summed E-state index contributed by atoms with van der Waals surface area (Å²) in [4.78, 5) is 3.08. The standard InChI is InChI=1S/C13H5Cl2F6NO2/c14-8-2-6(3-9(15)10(8)23)24-11-7(13(19,20)21)1-5(4-22-11)12(16,17)18/h1-4,23H. The zero-order chi connectivity index (χ0) is 18.3. The summed E-state index contributed by atoms with van der Waals surface area (Å²) >= 11 is 11.2. The van der Waals surface area contributed by atoms with Crippen LogP contribution in [0.25, 0.3) is 0 Å². The van der Waals surface area contributed by atoms with Crippen LogP contribution in [-0.2, 0) is 12.4 Å². The lowest BCUT2D eigenvalue weighted by Gasteiger charge is -2.15. The van der Waals surface area contributed by atoms with E-state index in [1.165, 1.54) is 0 Å². The highest BCUT2D eigenvalue weighted by atomic mass is 35.5. The minimum absolute atomic E-state index is 0.119. The second-order valence-electron chi connectivity index (χ2n) is 4.41. The maximum atomic E-state index is 13.0. The van der Waals surface area contributed by atoms with E-state index in [9.17, 15) is 31.4 Å². The van der Waals surface area contributed by atoms with E-state index >= 15 is 0 Å². The number of benzene rings is 1. The first-order valence-electron chi connectivity index (χ1n) is 5.90. The van der Waals surface area contributed by atoms with Gasteiger partial charge in [0.25, 0.3) is 0 Å². The highest BCUT2D eigenvalue weighted by Crippen LogP contribution is 2.42. The van der Waals surface area contributed by atoms with Crippen LogP contribution in [0.1, 0.15) is 11.1 Å². The van der Waals surface area contributed by atoms with Crippen molar-refractivity contribution >= 4 is 23.2 Å². The summed E-state index contributed by atoms with van der Waals surface area (Å²) in [5, 5.41) is 8.72. The maximum absolute atomic E-state index is 13.0. The van der Waals surface area contributed by atoms with Gasteiger partial charge in [0.2, 0.25) is 5.88 Å². The summed E-state index contributed by atoms with van der Waals surface area (Å²) in [5.74, 6) is -1.99. The van der Waals surface area contributed by atoms with Crippen molar-refractivity contribution in [2.45, 2.75) is 12.4 Å². The molecule has 0 radical (unpaired) electrons. The lowest BCUT2D eigenvalue weighted by atomic mass is 10.2. The predicted octanol–water partition coefficient (Wildman–Crippen LogP) is 5.92.